The van der Waals surface area contributed by atoms with Crippen LogP contribution in [0.2, 0.25) is 0 Å². The van der Waals surface area contributed by atoms with Gasteiger partial charge in [-0.15, -0.1) is 0 Å². The lowest BCUT2D eigenvalue weighted by Crippen LogP contribution is -2.46. The highest BCUT2D eigenvalue weighted by atomic mass is 15.2. The first-order chi connectivity index (χ1) is 12.1. The Labute approximate surface area is 160 Å². The van der Waals surface area contributed by atoms with E-state index in [0.29, 0.717) is 5.41 Å². The minimum absolute atomic E-state index is 0.716. The van der Waals surface area contributed by atoms with Crippen LogP contribution in [0.5, 0.6) is 0 Å². The van der Waals surface area contributed by atoms with Crippen molar-refractivity contribution >= 4 is 0 Å². The number of rotatable bonds is 9. The first-order valence-corrected chi connectivity index (χ1v) is 11.5. The fourth-order valence-electron chi connectivity index (χ4n) is 4.44. The van der Waals surface area contributed by atoms with Gasteiger partial charge in [0.15, 0.2) is 0 Å². The molecule has 2 aliphatic rings. The van der Waals surface area contributed by atoms with E-state index in [1.54, 1.807) is 0 Å². The summed E-state index contributed by atoms with van der Waals surface area (Å²) in [6.45, 7) is 24.1. The molecule has 0 amide bonds. The van der Waals surface area contributed by atoms with Crippen LogP contribution in [-0.4, -0.2) is 48.6 Å². The summed E-state index contributed by atoms with van der Waals surface area (Å²) in [5, 5.41) is 0. The van der Waals surface area contributed by atoms with Crippen molar-refractivity contribution in [3.05, 3.63) is 0 Å². The molecule has 0 atom stereocenters. The third kappa shape index (κ3) is 9.43. The summed E-state index contributed by atoms with van der Waals surface area (Å²) in [5.74, 6) is 0.870. The smallest absolute Gasteiger partial charge is 0.0120 e. The Bertz CT molecular complexity index is 282. The lowest BCUT2D eigenvalue weighted by Gasteiger charge is -2.40. The normalized spacial score (nSPS) is 19.9. The standard InChI is InChI=1S/C19H38N2.2C2H6/c1-5-11-21(12-6-2)18-7-13-20(14-8-18)16-19(9-10-19)15-17(3)4;2*1-2/h17-18H,5-16H2,1-4H3;2*1-2H3. The molecule has 1 aliphatic carbocycles. The predicted molar refractivity (Wildman–Crippen MR) is 115 cm³/mol. The van der Waals surface area contributed by atoms with Crippen LogP contribution in [0.1, 0.15) is 100 Å². The van der Waals surface area contributed by atoms with Crippen molar-refractivity contribution in [1.29, 1.82) is 0 Å². The van der Waals surface area contributed by atoms with Crippen molar-refractivity contribution in [1.82, 2.24) is 9.80 Å². The van der Waals surface area contributed by atoms with Crippen LogP contribution in [0.3, 0.4) is 0 Å². The van der Waals surface area contributed by atoms with Gasteiger partial charge in [-0.25, -0.2) is 0 Å². The molecule has 0 aromatic rings. The third-order valence-corrected chi connectivity index (χ3v) is 5.45. The molecule has 0 bridgehead atoms. The van der Waals surface area contributed by atoms with Gasteiger partial charge in [0.05, 0.1) is 0 Å². The molecule has 0 aromatic heterocycles. The molecule has 2 rings (SSSR count). The molecule has 1 saturated carbocycles. The fourth-order valence-corrected chi connectivity index (χ4v) is 4.44. The summed E-state index contributed by atoms with van der Waals surface area (Å²) < 4.78 is 0. The largest absolute Gasteiger partial charge is 0.303 e. The molecule has 2 heteroatoms. The molecule has 0 spiro atoms. The number of likely N-dealkylation sites (tertiary alicyclic amines) is 1. The number of nitrogens with zero attached hydrogens (tertiary/aromatic N) is 2. The first-order valence-electron chi connectivity index (χ1n) is 11.5. The van der Waals surface area contributed by atoms with Crippen LogP contribution in [0.25, 0.3) is 0 Å². The molecular formula is C23H50N2. The monoisotopic (exact) mass is 354 g/mol. The van der Waals surface area contributed by atoms with E-state index in [9.17, 15) is 0 Å². The van der Waals surface area contributed by atoms with E-state index in [-0.39, 0.29) is 0 Å². The summed E-state index contributed by atoms with van der Waals surface area (Å²) in [5.41, 5.74) is 0.716. The summed E-state index contributed by atoms with van der Waals surface area (Å²) in [7, 11) is 0. The maximum Gasteiger partial charge on any atom is 0.0120 e. The molecule has 0 radical (unpaired) electrons. The molecular weight excluding hydrogens is 304 g/mol. The highest BCUT2D eigenvalue weighted by molar-refractivity contribution is 4.97. The Morgan fingerprint density at radius 3 is 1.76 bits per heavy atom. The Morgan fingerprint density at radius 2 is 1.40 bits per heavy atom. The molecule has 0 N–H and O–H groups in total. The Morgan fingerprint density at radius 1 is 0.920 bits per heavy atom. The van der Waals surface area contributed by atoms with Crippen molar-refractivity contribution < 1.29 is 0 Å². The van der Waals surface area contributed by atoms with Gasteiger partial charge < -0.3 is 9.80 Å². The van der Waals surface area contributed by atoms with Gasteiger partial charge in [-0.2, -0.15) is 0 Å². The van der Waals surface area contributed by atoms with Gasteiger partial charge in [0.25, 0.3) is 0 Å². The summed E-state index contributed by atoms with van der Waals surface area (Å²) in [6.07, 6.45) is 9.83. The second kappa shape index (κ2) is 14.0. The third-order valence-electron chi connectivity index (χ3n) is 5.45. The molecule has 1 aliphatic heterocycles. The topological polar surface area (TPSA) is 6.48 Å². The van der Waals surface area contributed by atoms with Gasteiger partial charge >= 0.3 is 0 Å². The molecule has 0 aromatic carbocycles. The highest BCUT2D eigenvalue weighted by Gasteiger charge is 2.44. The summed E-state index contributed by atoms with van der Waals surface area (Å²) >= 11 is 0. The van der Waals surface area contributed by atoms with Crippen molar-refractivity contribution in [2.24, 2.45) is 11.3 Å². The molecule has 1 saturated heterocycles. The van der Waals surface area contributed by atoms with Crippen LogP contribution < -0.4 is 0 Å². The van der Waals surface area contributed by atoms with E-state index >= 15 is 0 Å². The van der Waals surface area contributed by atoms with Crippen molar-refractivity contribution in [2.75, 3.05) is 32.7 Å². The van der Waals surface area contributed by atoms with Crippen LogP contribution in [0, 0.1) is 11.3 Å². The maximum absolute atomic E-state index is 2.78. The summed E-state index contributed by atoms with van der Waals surface area (Å²) in [6, 6.07) is 0.862. The number of hydrogen-bond donors (Lipinski definition) is 0. The fraction of sp³-hybridized carbons (Fsp3) is 1.00. The quantitative estimate of drug-likeness (QED) is 0.469. The van der Waals surface area contributed by atoms with Gasteiger partial charge in [-0.3, -0.25) is 0 Å². The highest BCUT2D eigenvalue weighted by Crippen LogP contribution is 2.51. The minimum atomic E-state index is 0.716. The van der Waals surface area contributed by atoms with Crippen molar-refractivity contribution in [3.8, 4) is 0 Å². The van der Waals surface area contributed by atoms with Gasteiger partial charge in [-0.1, -0.05) is 55.4 Å². The van der Waals surface area contributed by atoms with Gasteiger partial charge in [0, 0.05) is 12.6 Å². The predicted octanol–water partition coefficient (Wildman–Crippen LogP) is 6.45. The van der Waals surface area contributed by atoms with E-state index in [1.807, 2.05) is 27.7 Å². The van der Waals surface area contributed by atoms with Crippen molar-refractivity contribution in [3.63, 3.8) is 0 Å². The van der Waals surface area contributed by atoms with Crippen LogP contribution in [0.4, 0.5) is 0 Å². The SMILES string of the molecule is CC.CC.CCCN(CCC)C1CCN(CC2(CC(C)C)CC2)CC1. The lowest BCUT2D eigenvalue weighted by atomic mass is 9.92. The number of piperidine rings is 1. The van der Waals surface area contributed by atoms with E-state index in [2.05, 4.69) is 37.5 Å². The maximum atomic E-state index is 2.78. The Kier molecular flexibility index (Phi) is 14.0. The molecule has 152 valence electrons. The molecule has 0 unspecified atom stereocenters. The van der Waals surface area contributed by atoms with Crippen LogP contribution >= 0.6 is 0 Å². The second-order valence-corrected chi connectivity index (χ2v) is 8.14. The Hall–Kier alpha value is -0.0800. The van der Waals surface area contributed by atoms with Gasteiger partial charge in [0.2, 0.25) is 0 Å². The van der Waals surface area contributed by atoms with Crippen molar-refractivity contribution in [2.45, 2.75) is 106 Å². The van der Waals surface area contributed by atoms with E-state index in [1.165, 1.54) is 77.7 Å². The minimum Gasteiger partial charge on any atom is -0.303 e. The van der Waals surface area contributed by atoms with Crippen LogP contribution in [-0.2, 0) is 0 Å². The number of hydrogen-bond acceptors (Lipinski definition) is 2. The molecule has 25 heavy (non-hydrogen) atoms. The molecule has 2 fully saturated rings. The first kappa shape index (κ1) is 24.9. The van der Waals surface area contributed by atoms with Gasteiger partial charge in [0.1, 0.15) is 0 Å². The van der Waals surface area contributed by atoms with E-state index in [4.69, 9.17) is 0 Å². The van der Waals surface area contributed by atoms with Gasteiger partial charge in [-0.05, 0) is 82.5 Å². The molecule has 2 nitrogen and oxygen atoms in total. The van der Waals surface area contributed by atoms with E-state index < -0.39 is 0 Å². The lowest BCUT2D eigenvalue weighted by molar-refractivity contribution is 0.0923. The molecule has 1 heterocycles. The average molecular weight is 355 g/mol. The average Bonchev–Trinajstić information content (AvgIpc) is 3.37. The second-order valence-electron chi connectivity index (χ2n) is 8.14. The Balaban J connectivity index is 0.00000134. The zero-order valence-electron chi connectivity index (χ0n) is 19.0. The zero-order chi connectivity index (χ0) is 19.3. The zero-order valence-corrected chi connectivity index (χ0v) is 19.0. The van der Waals surface area contributed by atoms with Crippen LogP contribution in [0.15, 0.2) is 0 Å². The van der Waals surface area contributed by atoms with E-state index in [0.717, 1.165) is 12.0 Å². The summed E-state index contributed by atoms with van der Waals surface area (Å²) in [4.78, 5) is 5.54.